The molecule has 0 radical (unpaired) electrons. The van der Waals surface area contributed by atoms with E-state index in [2.05, 4.69) is 22.9 Å². The van der Waals surface area contributed by atoms with Crippen molar-refractivity contribution in [3.8, 4) is 0 Å². The van der Waals surface area contributed by atoms with Gasteiger partial charge in [-0.05, 0) is 43.9 Å². The van der Waals surface area contributed by atoms with Crippen LogP contribution in [-0.2, 0) is 6.42 Å². The van der Waals surface area contributed by atoms with Crippen molar-refractivity contribution in [1.29, 1.82) is 0 Å². The van der Waals surface area contributed by atoms with E-state index in [0.29, 0.717) is 12.0 Å². The van der Waals surface area contributed by atoms with Crippen LogP contribution in [-0.4, -0.2) is 35.6 Å². The van der Waals surface area contributed by atoms with Gasteiger partial charge in [0.1, 0.15) is 0 Å². The predicted octanol–water partition coefficient (Wildman–Crippen LogP) is 2.14. The number of nitrogens with zero attached hydrogens (tertiary/aromatic N) is 2. The molecule has 5 heteroatoms. The van der Waals surface area contributed by atoms with Gasteiger partial charge in [-0.2, -0.15) is 0 Å². The fourth-order valence-corrected chi connectivity index (χ4v) is 2.33. The maximum absolute atomic E-state index is 5.93. The molecule has 2 heterocycles. The van der Waals surface area contributed by atoms with Crippen LogP contribution in [0.15, 0.2) is 24.5 Å². The van der Waals surface area contributed by atoms with Crippen LogP contribution >= 0.6 is 24.8 Å². The number of hydrogen-bond donors (Lipinski definition) is 1. The topological polar surface area (TPSA) is 42.1 Å². The molecule has 0 bridgehead atoms. The van der Waals surface area contributed by atoms with Crippen molar-refractivity contribution in [3.63, 3.8) is 0 Å². The Kier molecular flexibility index (Phi) is 8.53. The van der Waals surface area contributed by atoms with Gasteiger partial charge in [0.05, 0.1) is 0 Å². The molecule has 1 fully saturated rings. The van der Waals surface area contributed by atoms with Crippen molar-refractivity contribution in [3.05, 3.63) is 30.1 Å². The van der Waals surface area contributed by atoms with Crippen molar-refractivity contribution in [2.75, 3.05) is 19.6 Å². The van der Waals surface area contributed by atoms with Crippen molar-refractivity contribution in [1.82, 2.24) is 9.88 Å². The summed E-state index contributed by atoms with van der Waals surface area (Å²) >= 11 is 0. The minimum atomic E-state index is 0. The molecule has 1 aromatic heterocycles. The summed E-state index contributed by atoms with van der Waals surface area (Å²) in [4.78, 5) is 6.65. The number of rotatable bonds is 4. The SMILES string of the molecule is CC(N)C1CCN(CCc2cccnc2)C1.Cl.Cl. The molecule has 0 amide bonds. The second kappa shape index (κ2) is 8.70. The van der Waals surface area contributed by atoms with Crippen LogP contribution in [0.1, 0.15) is 18.9 Å². The number of pyridine rings is 1. The molecule has 0 spiro atoms. The van der Waals surface area contributed by atoms with Crippen LogP contribution in [0, 0.1) is 5.92 Å². The van der Waals surface area contributed by atoms with Gasteiger partial charge in [-0.15, -0.1) is 24.8 Å². The Morgan fingerprint density at radius 3 is 2.83 bits per heavy atom. The van der Waals surface area contributed by atoms with E-state index in [-0.39, 0.29) is 24.8 Å². The van der Waals surface area contributed by atoms with E-state index in [1.807, 2.05) is 18.5 Å². The third-order valence-corrected chi connectivity index (χ3v) is 3.49. The lowest BCUT2D eigenvalue weighted by atomic mass is 10.0. The van der Waals surface area contributed by atoms with Crippen molar-refractivity contribution < 1.29 is 0 Å². The Morgan fingerprint density at radius 2 is 2.28 bits per heavy atom. The molecular formula is C13H23Cl2N3. The molecular weight excluding hydrogens is 269 g/mol. The summed E-state index contributed by atoms with van der Waals surface area (Å²) in [6, 6.07) is 4.49. The zero-order valence-electron chi connectivity index (χ0n) is 10.8. The van der Waals surface area contributed by atoms with Crippen molar-refractivity contribution in [2.24, 2.45) is 11.7 Å². The Balaban J connectivity index is 0.00000144. The molecule has 0 saturated carbocycles. The number of aromatic nitrogens is 1. The Hall–Kier alpha value is -0.350. The zero-order chi connectivity index (χ0) is 11.4. The lowest BCUT2D eigenvalue weighted by Gasteiger charge is -2.17. The van der Waals surface area contributed by atoms with Crippen molar-refractivity contribution in [2.45, 2.75) is 25.8 Å². The Labute approximate surface area is 122 Å². The molecule has 0 aromatic carbocycles. The Bertz CT molecular complexity index is 319. The minimum absolute atomic E-state index is 0. The summed E-state index contributed by atoms with van der Waals surface area (Å²) in [5, 5.41) is 0. The van der Waals surface area contributed by atoms with Crippen LogP contribution in [0.2, 0.25) is 0 Å². The lowest BCUT2D eigenvalue weighted by Crippen LogP contribution is -2.30. The first-order chi connectivity index (χ1) is 7.75. The van der Waals surface area contributed by atoms with Crippen LogP contribution < -0.4 is 5.73 Å². The molecule has 2 rings (SSSR count). The molecule has 2 atom stereocenters. The van der Waals surface area contributed by atoms with Gasteiger partial charge >= 0.3 is 0 Å². The first-order valence-electron chi connectivity index (χ1n) is 6.12. The minimum Gasteiger partial charge on any atom is -0.328 e. The van der Waals surface area contributed by atoms with E-state index >= 15 is 0 Å². The fraction of sp³-hybridized carbons (Fsp3) is 0.615. The standard InChI is InChI=1S/C13H21N3.2ClH/c1-11(14)13-5-8-16(10-13)7-4-12-3-2-6-15-9-12;;/h2-3,6,9,11,13H,4-5,7-8,10,14H2,1H3;2*1H. The predicted molar refractivity (Wildman–Crippen MR) is 80.6 cm³/mol. The van der Waals surface area contributed by atoms with Crippen molar-refractivity contribution >= 4 is 24.8 Å². The largest absolute Gasteiger partial charge is 0.328 e. The maximum Gasteiger partial charge on any atom is 0.0300 e. The summed E-state index contributed by atoms with van der Waals surface area (Å²) in [5.41, 5.74) is 7.26. The smallest absolute Gasteiger partial charge is 0.0300 e. The molecule has 3 nitrogen and oxygen atoms in total. The number of hydrogen-bond acceptors (Lipinski definition) is 3. The summed E-state index contributed by atoms with van der Waals surface area (Å²) in [6.07, 6.45) is 6.13. The number of nitrogens with two attached hydrogens (primary N) is 1. The quantitative estimate of drug-likeness (QED) is 0.924. The summed E-state index contributed by atoms with van der Waals surface area (Å²) in [6.45, 7) is 5.62. The normalized spacial score (nSPS) is 20.9. The molecule has 18 heavy (non-hydrogen) atoms. The third-order valence-electron chi connectivity index (χ3n) is 3.49. The van der Waals surface area contributed by atoms with Crippen LogP contribution in [0.4, 0.5) is 0 Å². The molecule has 1 aliphatic rings. The molecule has 104 valence electrons. The molecule has 1 saturated heterocycles. The molecule has 2 unspecified atom stereocenters. The van der Waals surface area contributed by atoms with Crippen LogP contribution in [0.5, 0.6) is 0 Å². The highest BCUT2D eigenvalue weighted by molar-refractivity contribution is 5.85. The molecule has 1 aromatic rings. The maximum atomic E-state index is 5.93. The summed E-state index contributed by atoms with van der Waals surface area (Å²) in [5.74, 6) is 0.689. The number of likely N-dealkylation sites (tertiary alicyclic amines) is 1. The first-order valence-corrected chi connectivity index (χ1v) is 6.12. The van der Waals surface area contributed by atoms with Gasteiger partial charge in [0.15, 0.2) is 0 Å². The van der Waals surface area contributed by atoms with Gasteiger partial charge in [0.2, 0.25) is 0 Å². The van der Waals surface area contributed by atoms with Gasteiger partial charge < -0.3 is 10.6 Å². The van der Waals surface area contributed by atoms with Gasteiger partial charge in [-0.3, -0.25) is 4.98 Å². The second-order valence-corrected chi connectivity index (χ2v) is 4.82. The summed E-state index contributed by atoms with van der Waals surface area (Å²) < 4.78 is 0. The highest BCUT2D eigenvalue weighted by Gasteiger charge is 2.24. The highest BCUT2D eigenvalue weighted by atomic mass is 35.5. The Morgan fingerprint density at radius 1 is 1.50 bits per heavy atom. The van der Waals surface area contributed by atoms with Gasteiger partial charge in [0, 0.05) is 31.5 Å². The highest BCUT2D eigenvalue weighted by Crippen LogP contribution is 2.18. The molecule has 0 aliphatic carbocycles. The zero-order valence-corrected chi connectivity index (χ0v) is 12.4. The van der Waals surface area contributed by atoms with Gasteiger partial charge in [-0.1, -0.05) is 6.07 Å². The van der Waals surface area contributed by atoms with E-state index in [1.54, 1.807) is 0 Å². The van der Waals surface area contributed by atoms with E-state index in [4.69, 9.17) is 5.73 Å². The van der Waals surface area contributed by atoms with E-state index in [9.17, 15) is 0 Å². The van der Waals surface area contributed by atoms with Crippen LogP contribution in [0.3, 0.4) is 0 Å². The van der Waals surface area contributed by atoms with Gasteiger partial charge in [-0.25, -0.2) is 0 Å². The molecule has 2 N–H and O–H groups in total. The first kappa shape index (κ1) is 17.6. The van der Waals surface area contributed by atoms with E-state index in [0.717, 1.165) is 19.5 Å². The third kappa shape index (κ3) is 5.11. The van der Waals surface area contributed by atoms with E-state index in [1.165, 1.54) is 18.5 Å². The number of halogens is 2. The van der Waals surface area contributed by atoms with Gasteiger partial charge in [0.25, 0.3) is 0 Å². The monoisotopic (exact) mass is 291 g/mol. The molecule has 1 aliphatic heterocycles. The fourth-order valence-electron chi connectivity index (χ4n) is 2.33. The summed E-state index contributed by atoms with van der Waals surface area (Å²) in [7, 11) is 0. The van der Waals surface area contributed by atoms with E-state index < -0.39 is 0 Å². The van der Waals surface area contributed by atoms with Crippen LogP contribution in [0.25, 0.3) is 0 Å². The average molecular weight is 292 g/mol. The second-order valence-electron chi connectivity index (χ2n) is 4.82. The average Bonchev–Trinajstić information content (AvgIpc) is 2.76. The lowest BCUT2D eigenvalue weighted by molar-refractivity contribution is 0.319.